The lowest BCUT2D eigenvalue weighted by atomic mass is 9.97. The maximum Gasteiger partial charge on any atom is 0.373 e. The number of carbonyl (C=O) groups excluding carboxylic acids is 1. The minimum atomic E-state index is -0.529. The molecular weight excluding hydrogens is 364 g/mol. The fraction of sp³-hybridized carbons (Fsp3) is 0.450. The smallest absolute Gasteiger partial charge is 0.373 e. The molecule has 6 nitrogen and oxygen atoms in total. The van der Waals surface area contributed by atoms with Crippen molar-refractivity contribution >= 4 is 27.5 Å². The number of aromatic nitrogens is 2. The highest BCUT2D eigenvalue weighted by Crippen LogP contribution is 2.34. The Bertz CT molecular complexity index is 1070. The molecule has 3 heterocycles. The minimum absolute atomic E-state index is 0.0147. The Morgan fingerprint density at radius 3 is 2.85 bits per heavy atom. The van der Waals surface area contributed by atoms with Gasteiger partial charge in [0.1, 0.15) is 16.4 Å². The van der Waals surface area contributed by atoms with E-state index in [-0.39, 0.29) is 23.8 Å². The van der Waals surface area contributed by atoms with Gasteiger partial charge in [0.05, 0.1) is 19.0 Å². The summed E-state index contributed by atoms with van der Waals surface area (Å²) < 4.78 is 11.9. The van der Waals surface area contributed by atoms with E-state index in [9.17, 15) is 9.59 Å². The van der Waals surface area contributed by atoms with Crippen LogP contribution < -0.4 is 5.56 Å². The normalized spacial score (nSPS) is 13.9. The molecule has 7 heteroatoms. The molecule has 142 valence electrons. The number of hydrogen-bond acceptors (Lipinski definition) is 6. The van der Waals surface area contributed by atoms with E-state index in [1.54, 1.807) is 28.0 Å². The van der Waals surface area contributed by atoms with E-state index in [2.05, 4.69) is 4.74 Å². The third-order valence-electron chi connectivity index (χ3n) is 4.98. The third-order valence-corrected chi connectivity index (χ3v) is 6.17. The molecule has 3 aromatic rings. The Morgan fingerprint density at radius 1 is 1.33 bits per heavy atom. The minimum Gasteiger partial charge on any atom is -0.463 e. The van der Waals surface area contributed by atoms with E-state index < -0.39 is 5.97 Å². The van der Waals surface area contributed by atoms with Crippen molar-refractivity contribution in [3.63, 3.8) is 0 Å². The van der Waals surface area contributed by atoms with Crippen LogP contribution in [0.15, 0.2) is 21.3 Å². The number of esters is 1. The first-order chi connectivity index (χ1) is 13.0. The van der Waals surface area contributed by atoms with Gasteiger partial charge in [0.25, 0.3) is 5.56 Å². The van der Waals surface area contributed by atoms with Crippen LogP contribution in [-0.4, -0.2) is 22.6 Å². The second kappa shape index (κ2) is 6.96. The van der Waals surface area contributed by atoms with Crippen molar-refractivity contribution in [1.29, 1.82) is 0 Å². The molecular formula is C20H22N2O4S. The number of methoxy groups -OCH3 is 1. The summed E-state index contributed by atoms with van der Waals surface area (Å²) in [6.45, 7) is 4.30. The predicted octanol–water partition coefficient (Wildman–Crippen LogP) is 3.89. The summed E-state index contributed by atoms with van der Waals surface area (Å²) in [5.74, 6) is 0.967. The zero-order valence-electron chi connectivity index (χ0n) is 15.7. The van der Waals surface area contributed by atoms with E-state index in [1.807, 2.05) is 13.8 Å². The lowest BCUT2D eigenvalue weighted by molar-refractivity contribution is 0.0563. The summed E-state index contributed by atoms with van der Waals surface area (Å²) in [6, 6.07) is 3.27. The standard InChI is InChI=1S/C20H22N2O4S/c1-11(2)17-21-18-16(13-6-4-5-7-15(13)27-18)19(23)22(17)10-12-8-9-14(26-12)20(24)25-3/h8-9,11H,4-7,10H2,1-3H3. The number of thiophene rings is 1. The van der Waals surface area contributed by atoms with E-state index in [0.29, 0.717) is 5.76 Å². The second-order valence-electron chi connectivity index (χ2n) is 7.16. The lowest BCUT2D eigenvalue weighted by Crippen LogP contribution is -2.26. The van der Waals surface area contributed by atoms with Crippen LogP contribution in [0.1, 0.15) is 65.2 Å². The van der Waals surface area contributed by atoms with Crippen molar-refractivity contribution in [3.05, 3.63) is 50.3 Å². The number of aryl methyl sites for hydroxylation is 2. The first-order valence-corrected chi connectivity index (χ1v) is 10.0. The van der Waals surface area contributed by atoms with E-state index >= 15 is 0 Å². The first kappa shape index (κ1) is 18.0. The molecule has 0 N–H and O–H groups in total. The third kappa shape index (κ3) is 3.10. The van der Waals surface area contributed by atoms with E-state index in [1.165, 1.54) is 24.0 Å². The number of rotatable bonds is 4. The number of ether oxygens (including phenoxy) is 1. The SMILES string of the molecule is COC(=O)c1ccc(Cn2c(C(C)C)nc3sc4c(c3c2=O)CCCC4)o1. The van der Waals surface area contributed by atoms with Gasteiger partial charge in [-0.3, -0.25) is 9.36 Å². The summed E-state index contributed by atoms with van der Waals surface area (Å²) in [4.78, 5) is 32.0. The zero-order valence-corrected chi connectivity index (χ0v) is 16.5. The molecule has 0 spiro atoms. The van der Waals surface area contributed by atoms with Crippen LogP contribution in [0.4, 0.5) is 0 Å². The number of nitrogens with zero attached hydrogens (tertiary/aromatic N) is 2. The summed E-state index contributed by atoms with van der Waals surface area (Å²) in [7, 11) is 1.31. The van der Waals surface area contributed by atoms with Crippen molar-refractivity contribution in [3.8, 4) is 0 Å². The molecule has 0 bridgehead atoms. The summed E-state index contributed by atoms with van der Waals surface area (Å²) in [5, 5.41) is 0.763. The molecule has 3 aromatic heterocycles. The molecule has 1 aliphatic rings. The summed E-state index contributed by atoms with van der Waals surface area (Å²) in [5.41, 5.74) is 1.16. The maximum absolute atomic E-state index is 13.4. The molecule has 0 saturated heterocycles. The Balaban J connectivity index is 1.84. The quantitative estimate of drug-likeness (QED) is 0.636. The topological polar surface area (TPSA) is 74.3 Å². The first-order valence-electron chi connectivity index (χ1n) is 9.21. The Labute approximate surface area is 160 Å². The van der Waals surface area contributed by atoms with E-state index in [4.69, 9.17) is 9.40 Å². The van der Waals surface area contributed by atoms with Gasteiger partial charge >= 0.3 is 5.97 Å². The van der Waals surface area contributed by atoms with Crippen molar-refractivity contribution in [1.82, 2.24) is 9.55 Å². The molecule has 0 amide bonds. The molecule has 0 radical (unpaired) electrons. The van der Waals surface area contributed by atoms with Gasteiger partial charge in [-0.1, -0.05) is 13.8 Å². The maximum atomic E-state index is 13.4. The molecule has 27 heavy (non-hydrogen) atoms. The van der Waals surface area contributed by atoms with Crippen LogP contribution in [0.5, 0.6) is 0 Å². The Kier molecular flexibility index (Phi) is 4.63. The fourth-order valence-electron chi connectivity index (χ4n) is 3.68. The van der Waals surface area contributed by atoms with Crippen molar-refractivity contribution in [2.24, 2.45) is 0 Å². The molecule has 0 aliphatic heterocycles. The summed E-state index contributed by atoms with van der Waals surface area (Å²) in [6.07, 6.45) is 4.27. The second-order valence-corrected chi connectivity index (χ2v) is 8.25. The molecule has 0 unspecified atom stereocenters. The average Bonchev–Trinajstić information content (AvgIpc) is 3.27. The number of carbonyl (C=O) groups is 1. The Morgan fingerprint density at radius 2 is 2.11 bits per heavy atom. The lowest BCUT2D eigenvalue weighted by Gasteiger charge is -2.15. The van der Waals surface area contributed by atoms with Crippen LogP contribution in [0.3, 0.4) is 0 Å². The van der Waals surface area contributed by atoms with Gasteiger partial charge < -0.3 is 9.15 Å². The van der Waals surface area contributed by atoms with Crippen LogP contribution >= 0.6 is 11.3 Å². The highest BCUT2D eigenvalue weighted by Gasteiger charge is 2.23. The molecule has 0 aromatic carbocycles. The predicted molar refractivity (Wildman–Crippen MR) is 104 cm³/mol. The largest absolute Gasteiger partial charge is 0.463 e. The van der Waals surface area contributed by atoms with Gasteiger partial charge in [0, 0.05) is 10.8 Å². The van der Waals surface area contributed by atoms with Crippen LogP contribution in [0, 0.1) is 0 Å². The van der Waals surface area contributed by atoms with Gasteiger partial charge in [-0.2, -0.15) is 0 Å². The van der Waals surface area contributed by atoms with Gasteiger partial charge in [-0.05, 0) is 43.4 Å². The zero-order chi connectivity index (χ0) is 19.1. The van der Waals surface area contributed by atoms with Crippen molar-refractivity contribution < 1.29 is 13.9 Å². The van der Waals surface area contributed by atoms with Crippen LogP contribution in [-0.2, 0) is 24.1 Å². The molecule has 0 atom stereocenters. The highest BCUT2D eigenvalue weighted by molar-refractivity contribution is 7.18. The van der Waals surface area contributed by atoms with Gasteiger partial charge in [0.2, 0.25) is 5.76 Å². The van der Waals surface area contributed by atoms with Gasteiger partial charge in [0.15, 0.2) is 0 Å². The van der Waals surface area contributed by atoms with Crippen LogP contribution in [0.2, 0.25) is 0 Å². The molecule has 1 aliphatic carbocycles. The average molecular weight is 386 g/mol. The van der Waals surface area contributed by atoms with Gasteiger partial charge in [-0.15, -0.1) is 11.3 Å². The monoisotopic (exact) mass is 386 g/mol. The van der Waals surface area contributed by atoms with Crippen molar-refractivity contribution in [2.45, 2.75) is 52.0 Å². The Hall–Kier alpha value is -2.41. The number of fused-ring (bicyclic) bond motifs is 3. The van der Waals surface area contributed by atoms with Crippen LogP contribution in [0.25, 0.3) is 10.2 Å². The molecule has 0 saturated carbocycles. The fourth-order valence-corrected chi connectivity index (χ4v) is 4.94. The number of furan rings is 1. The van der Waals surface area contributed by atoms with Crippen molar-refractivity contribution in [2.75, 3.05) is 7.11 Å². The summed E-state index contributed by atoms with van der Waals surface area (Å²) >= 11 is 1.66. The molecule has 0 fully saturated rings. The molecule has 4 rings (SSSR count). The van der Waals surface area contributed by atoms with E-state index in [0.717, 1.165) is 35.3 Å². The number of hydrogen-bond donors (Lipinski definition) is 0. The van der Waals surface area contributed by atoms with Gasteiger partial charge in [-0.25, -0.2) is 9.78 Å². The highest BCUT2D eigenvalue weighted by atomic mass is 32.1.